The van der Waals surface area contributed by atoms with Crippen LogP contribution in [-0.2, 0) is 4.79 Å². The molecular weight excluding hydrogens is 324 g/mol. The van der Waals surface area contributed by atoms with Crippen molar-refractivity contribution < 1.29 is 4.79 Å². The summed E-state index contributed by atoms with van der Waals surface area (Å²) in [5, 5.41) is 3.61. The lowest BCUT2D eigenvalue weighted by molar-refractivity contribution is -0.120. The van der Waals surface area contributed by atoms with E-state index < -0.39 is 0 Å². The first kappa shape index (κ1) is 16.8. The van der Waals surface area contributed by atoms with Gasteiger partial charge in [-0.2, -0.15) is 0 Å². The molecule has 1 amide bonds. The molecular formula is C16H22N6OS. The maximum atomic E-state index is 12.5. The fraction of sp³-hybridized carbons (Fsp3) is 0.500. The van der Waals surface area contributed by atoms with Gasteiger partial charge >= 0.3 is 0 Å². The minimum Gasteiger partial charge on any atom is -0.338 e. The first-order chi connectivity index (χ1) is 11.5. The van der Waals surface area contributed by atoms with Gasteiger partial charge in [-0.15, -0.1) is 11.3 Å². The maximum Gasteiger partial charge on any atom is 0.243 e. The number of nitrogens with zero attached hydrogens (tertiary/aromatic N) is 5. The van der Waals surface area contributed by atoms with E-state index in [1.165, 1.54) is 11.3 Å². The molecule has 1 fully saturated rings. The largest absolute Gasteiger partial charge is 0.338 e. The number of hydrogen-bond donors (Lipinski definition) is 1. The van der Waals surface area contributed by atoms with Crippen molar-refractivity contribution >= 4 is 28.3 Å². The molecule has 3 rings (SSSR count). The summed E-state index contributed by atoms with van der Waals surface area (Å²) in [6.45, 7) is 9.16. The molecule has 1 N–H and O–H groups in total. The van der Waals surface area contributed by atoms with Crippen LogP contribution in [0.3, 0.4) is 0 Å². The van der Waals surface area contributed by atoms with Crippen LogP contribution >= 0.6 is 11.3 Å². The van der Waals surface area contributed by atoms with Gasteiger partial charge in [0.05, 0.1) is 11.7 Å². The quantitative estimate of drug-likeness (QED) is 0.908. The minimum absolute atomic E-state index is 0.00633. The van der Waals surface area contributed by atoms with E-state index in [0.29, 0.717) is 5.13 Å². The zero-order valence-corrected chi connectivity index (χ0v) is 15.0. The standard InChI is InChI=1S/C16H22N6OS/c1-11-13(3)24-16(19-11)20-14(23)12(2)21-7-9-22(10-8-21)15-17-5-4-6-18-15/h4-6,12H,7-10H2,1-3H3,(H,19,20,23)/t12-/m0/s1. The predicted octanol–water partition coefficient (Wildman–Crippen LogP) is 1.70. The monoisotopic (exact) mass is 346 g/mol. The van der Waals surface area contributed by atoms with Crippen LogP contribution in [0.1, 0.15) is 17.5 Å². The molecule has 0 aliphatic carbocycles. The molecule has 0 spiro atoms. The number of anilines is 2. The van der Waals surface area contributed by atoms with Gasteiger partial charge in [-0.25, -0.2) is 15.0 Å². The molecule has 1 atom stereocenters. The van der Waals surface area contributed by atoms with E-state index in [9.17, 15) is 4.79 Å². The van der Waals surface area contributed by atoms with Crippen LogP contribution in [0.2, 0.25) is 0 Å². The molecule has 128 valence electrons. The van der Waals surface area contributed by atoms with Crippen molar-refractivity contribution in [2.75, 3.05) is 36.4 Å². The van der Waals surface area contributed by atoms with Crippen LogP contribution in [0, 0.1) is 13.8 Å². The van der Waals surface area contributed by atoms with Gasteiger partial charge in [-0.1, -0.05) is 0 Å². The number of aromatic nitrogens is 3. The van der Waals surface area contributed by atoms with Crippen molar-refractivity contribution in [3.63, 3.8) is 0 Å². The third-order valence-electron chi connectivity index (χ3n) is 4.34. The molecule has 0 saturated carbocycles. The van der Waals surface area contributed by atoms with E-state index >= 15 is 0 Å². The Morgan fingerprint density at radius 1 is 1.21 bits per heavy atom. The van der Waals surface area contributed by atoms with Gasteiger partial charge in [-0.05, 0) is 26.8 Å². The van der Waals surface area contributed by atoms with E-state index in [1.807, 2.05) is 26.8 Å². The number of amides is 1. The fourth-order valence-electron chi connectivity index (χ4n) is 2.67. The predicted molar refractivity (Wildman–Crippen MR) is 95.5 cm³/mol. The highest BCUT2D eigenvalue weighted by atomic mass is 32.1. The zero-order valence-electron chi connectivity index (χ0n) is 14.2. The Morgan fingerprint density at radius 3 is 2.46 bits per heavy atom. The van der Waals surface area contributed by atoms with Crippen LogP contribution in [-0.4, -0.2) is 58.0 Å². The van der Waals surface area contributed by atoms with Crippen LogP contribution in [0.15, 0.2) is 18.5 Å². The highest BCUT2D eigenvalue weighted by molar-refractivity contribution is 7.15. The molecule has 0 radical (unpaired) electrons. The summed E-state index contributed by atoms with van der Waals surface area (Å²) in [5.74, 6) is 0.746. The second-order valence-electron chi connectivity index (χ2n) is 5.90. The molecule has 1 saturated heterocycles. The smallest absolute Gasteiger partial charge is 0.243 e. The molecule has 3 heterocycles. The van der Waals surface area contributed by atoms with Gasteiger partial charge in [0.25, 0.3) is 0 Å². The lowest BCUT2D eigenvalue weighted by Crippen LogP contribution is -2.53. The molecule has 0 aromatic carbocycles. The van der Waals surface area contributed by atoms with Crippen LogP contribution in [0.5, 0.6) is 0 Å². The molecule has 8 heteroatoms. The average Bonchev–Trinajstić information content (AvgIpc) is 2.92. The van der Waals surface area contributed by atoms with E-state index in [4.69, 9.17) is 0 Å². The molecule has 1 aliphatic heterocycles. The van der Waals surface area contributed by atoms with Gasteiger partial charge in [-0.3, -0.25) is 9.69 Å². The topological polar surface area (TPSA) is 74.2 Å². The molecule has 1 aliphatic rings. The lowest BCUT2D eigenvalue weighted by atomic mass is 10.2. The van der Waals surface area contributed by atoms with E-state index in [2.05, 4.69) is 30.1 Å². The van der Waals surface area contributed by atoms with Crippen molar-refractivity contribution in [2.24, 2.45) is 0 Å². The third kappa shape index (κ3) is 3.70. The summed E-state index contributed by atoms with van der Waals surface area (Å²) in [4.78, 5) is 30.9. The first-order valence-corrected chi connectivity index (χ1v) is 8.87. The molecule has 0 unspecified atom stereocenters. The number of nitrogens with one attached hydrogen (secondary N) is 1. The second kappa shape index (κ2) is 7.23. The number of thiazole rings is 1. The zero-order chi connectivity index (χ0) is 17.1. The van der Waals surface area contributed by atoms with Gasteiger partial charge in [0, 0.05) is 43.4 Å². The highest BCUT2D eigenvalue weighted by Gasteiger charge is 2.26. The van der Waals surface area contributed by atoms with Crippen molar-refractivity contribution in [1.29, 1.82) is 0 Å². The Kier molecular flexibility index (Phi) is 5.06. The fourth-order valence-corrected chi connectivity index (χ4v) is 3.48. The van der Waals surface area contributed by atoms with Crippen molar-refractivity contribution in [2.45, 2.75) is 26.8 Å². The van der Waals surface area contributed by atoms with Gasteiger partial charge < -0.3 is 10.2 Å². The van der Waals surface area contributed by atoms with E-state index in [-0.39, 0.29) is 11.9 Å². The normalized spacial score (nSPS) is 16.9. The number of carbonyl (C=O) groups is 1. The Hall–Kier alpha value is -2.06. The molecule has 0 bridgehead atoms. The molecule has 24 heavy (non-hydrogen) atoms. The Bertz CT molecular complexity index is 676. The molecule has 7 nitrogen and oxygen atoms in total. The summed E-state index contributed by atoms with van der Waals surface area (Å²) < 4.78 is 0. The second-order valence-corrected chi connectivity index (χ2v) is 7.10. The molecule has 2 aromatic heterocycles. The van der Waals surface area contributed by atoms with Crippen molar-refractivity contribution in [3.8, 4) is 0 Å². The highest BCUT2D eigenvalue weighted by Crippen LogP contribution is 2.21. The van der Waals surface area contributed by atoms with Crippen LogP contribution in [0.4, 0.5) is 11.1 Å². The first-order valence-electron chi connectivity index (χ1n) is 8.05. The number of carbonyl (C=O) groups excluding carboxylic acids is 1. The third-order valence-corrected chi connectivity index (χ3v) is 5.32. The Morgan fingerprint density at radius 2 is 1.88 bits per heavy atom. The van der Waals surface area contributed by atoms with Gasteiger partial charge in [0.15, 0.2) is 5.13 Å². The van der Waals surface area contributed by atoms with Gasteiger partial charge in [0.1, 0.15) is 0 Å². The van der Waals surface area contributed by atoms with Gasteiger partial charge in [0.2, 0.25) is 11.9 Å². The number of hydrogen-bond acceptors (Lipinski definition) is 7. The summed E-state index contributed by atoms with van der Waals surface area (Å²) in [7, 11) is 0. The van der Waals surface area contributed by atoms with Crippen molar-refractivity contribution in [1.82, 2.24) is 19.9 Å². The number of piperazine rings is 1. The minimum atomic E-state index is -0.187. The SMILES string of the molecule is Cc1nc(NC(=O)[C@H](C)N2CCN(c3ncccn3)CC2)sc1C. The summed E-state index contributed by atoms with van der Waals surface area (Å²) in [5.41, 5.74) is 0.972. The summed E-state index contributed by atoms with van der Waals surface area (Å²) in [6.07, 6.45) is 3.51. The van der Waals surface area contributed by atoms with E-state index in [1.54, 1.807) is 12.4 Å². The van der Waals surface area contributed by atoms with Crippen LogP contribution < -0.4 is 10.2 Å². The molecule has 2 aromatic rings. The average molecular weight is 346 g/mol. The lowest BCUT2D eigenvalue weighted by Gasteiger charge is -2.37. The summed E-state index contributed by atoms with van der Waals surface area (Å²) in [6, 6.07) is 1.63. The number of rotatable bonds is 4. The summed E-state index contributed by atoms with van der Waals surface area (Å²) >= 11 is 1.52. The van der Waals surface area contributed by atoms with Crippen molar-refractivity contribution in [3.05, 3.63) is 29.0 Å². The van der Waals surface area contributed by atoms with E-state index in [0.717, 1.165) is 42.7 Å². The van der Waals surface area contributed by atoms with Crippen LogP contribution in [0.25, 0.3) is 0 Å². The Labute approximate surface area is 145 Å². The maximum absolute atomic E-state index is 12.5. The number of aryl methyl sites for hydroxylation is 2. The Balaban J connectivity index is 1.54.